The number of benzene rings is 1. The minimum absolute atomic E-state index is 0.0430. The number of hydroxylamine groups is 2. The van der Waals surface area contributed by atoms with E-state index in [-0.39, 0.29) is 18.7 Å². The largest absolute Gasteiger partial charge is 0.394 e. The van der Waals surface area contributed by atoms with Crippen LogP contribution in [0.25, 0.3) is 6.08 Å². The van der Waals surface area contributed by atoms with Gasteiger partial charge in [0.05, 0.1) is 19.3 Å². The summed E-state index contributed by atoms with van der Waals surface area (Å²) >= 11 is 0. The highest BCUT2D eigenvalue weighted by molar-refractivity contribution is 5.61. The van der Waals surface area contributed by atoms with Gasteiger partial charge < -0.3 is 5.11 Å². The van der Waals surface area contributed by atoms with Crippen LogP contribution >= 0.6 is 0 Å². The molecule has 1 aliphatic carbocycles. The van der Waals surface area contributed by atoms with E-state index in [0.29, 0.717) is 6.61 Å². The second-order valence-corrected chi connectivity index (χ2v) is 4.44. The highest BCUT2D eigenvalue weighted by Gasteiger charge is 2.26. The van der Waals surface area contributed by atoms with Gasteiger partial charge in [-0.15, -0.1) is 0 Å². The SMILES string of the molecule is CC(C)N(OCCO)C1C=Cc2ccccc21. The summed E-state index contributed by atoms with van der Waals surface area (Å²) in [5.74, 6) is 0. The van der Waals surface area contributed by atoms with Crippen LogP contribution in [-0.2, 0) is 4.84 Å². The van der Waals surface area contributed by atoms with Crippen molar-refractivity contribution in [2.45, 2.75) is 25.9 Å². The Labute approximate surface area is 102 Å². The quantitative estimate of drug-likeness (QED) is 0.793. The Bertz CT molecular complexity index is 401. The van der Waals surface area contributed by atoms with Gasteiger partial charge >= 0.3 is 0 Å². The van der Waals surface area contributed by atoms with E-state index in [9.17, 15) is 0 Å². The van der Waals surface area contributed by atoms with Gasteiger partial charge in [0, 0.05) is 6.04 Å². The Morgan fingerprint density at radius 3 is 2.82 bits per heavy atom. The fourth-order valence-corrected chi connectivity index (χ4v) is 2.15. The van der Waals surface area contributed by atoms with Gasteiger partial charge in [-0.1, -0.05) is 36.4 Å². The zero-order chi connectivity index (χ0) is 12.3. The Kier molecular flexibility index (Phi) is 3.94. The van der Waals surface area contributed by atoms with Crippen LogP contribution in [0, 0.1) is 0 Å². The second-order valence-electron chi connectivity index (χ2n) is 4.44. The lowest BCUT2D eigenvalue weighted by Gasteiger charge is -2.31. The zero-order valence-electron chi connectivity index (χ0n) is 10.3. The summed E-state index contributed by atoms with van der Waals surface area (Å²) in [5, 5.41) is 10.8. The van der Waals surface area contributed by atoms with Gasteiger partial charge in [-0.3, -0.25) is 4.84 Å². The standard InChI is InChI=1S/C14H19NO2/c1-11(2)15(17-10-9-16)14-8-7-12-5-3-4-6-13(12)14/h3-8,11,14,16H,9-10H2,1-2H3. The summed E-state index contributed by atoms with van der Waals surface area (Å²) in [5.41, 5.74) is 2.51. The molecule has 0 aromatic heterocycles. The van der Waals surface area contributed by atoms with Crippen LogP contribution in [0.2, 0.25) is 0 Å². The van der Waals surface area contributed by atoms with Crippen molar-refractivity contribution >= 4 is 6.08 Å². The topological polar surface area (TPSA) is 32.7 Å². The molecular weight excluding hydrogens is 214 g/mol. The van der Waals surface area contributed by atoms with Crippen LogP contribution < -0.4 is 0 Å². The summed E-state index contributed by atoms with van der Waals surface area (Å²) in [7, 11) is 0. The van der Waals surface area contributed by atoms with Gasteiger partial charge in [0.2, 0.25) is 0 Å². The monoisotopic (exact) mass is 233 g/mol. The van der Waals surface area contributed by atoms with Gasteiger partial charge in [0.15, 0.2) is 0 Å². The molecule has 0 aliphatic heterocycles. The fourth-order valence-electron chi connectivity index (χ4n) is 2.15. The third-order valence-corrected chi connectivity index (χ3v) is 2.89. The van der Waals surface area contributed by atoms with Crippen molar-refractivity contribution in [3.63, 3.8) is 0 Å². The van der Waals surface area contributed by atoms with Crippen LogP contribution in [0.15, 0.2) is 30.3 Å². The molecule has 1 atom stereocenters. The predicted molar refractivity (Wildman–Crippen MR) is 68.2 cm³/mol. The molecule has 92 valence electrons. The number of aliphatic hydroxyl groups is 1. The Morgan fingerprint density at radius 2 is 2.12 bits per heavy atom. The predicted octanol–water partition coefficient (Wildman–Crippen LogP) is 2.39. The van der Waals surface area contributed by atoms with Crippen molar-refractivity contribution in [2.75, 3.05) is 13.2 Å². The molecule has 0 bridgehead atoms. The molecule has 0 radical (unpaired) electrons. The third kappa shape index (κ3) is 2.57. The molecular formula is C14H19NO2. The molecule has 0 fully saturated rings. The summed E-state index contributed by atoms with van der Waals surface area (Å²) in [6, 6.07) is 8.73. The first kappa shape index (κ1) is 12.3. The van der Waals surface area contributed by atoms with Crippen molar-refractivity contribution in [1.29, 1.82) is 0 Å². The summed E-state index contributed by atoms with van der Waals surface area (Å²) in [6.45, 7) is 4.56. The summed E-state index contributed by atoms with van der Waals surface area (Å²) < 4.78 is 0. The van der Waals surface area contributed by atoms with E-state index in [1.165, 1.54) is 11.1 Å². The van der Waals surface area contributed by atoms with E-state index < -0.39 is 0 Å². The molecule has 3 nitrogen and oxygen atoms in total. The zero-order valence-corrected chi connectivity index (χ0v) is 10.3. The van der Waals surface area contributed by atoms with Gasteiger partial charge in [-0.05, 0) is 25.0 Å². The van der Waals surface area contributed by atoms with Crippen LogP contribution in [0.1, 0.15) is 31.0 Å². The smallest absolute Gasteiger partial charge is 0.0916 e. The number of hydrogen-bond acceptors (Lipinski definition) is 3. The highest BCUT2D eigenvalue weighted by atomic mass is 16.7. The van der Waals surface area contributed by atoms with Crippen molar-refractivity contribution < 1.29 is 9.94 Å². The molecule has 0 saturated heterocycles. The maximum absolute atomic E-state index is 8.87. The Morgan fingerprint density at radius 1 is 1.35 bits per heavy atom. The average Bonchev–Trinajstić information content (AvgIpc) is 2.73. The van der Waals surface area contributed by atoms with E-state index in [0.717, 1.165) is 0 Å². The molecule has 0 amide bonds. The minimum Gasteiger partial charge on any atom is -0.394 e. The molecule has 2 rings (SSSR count). The lowest BCUT2D eigenvalue weighted by Crippen LogP contribution is -2.34. The number of hydrogen-bond donors (Lipinski definition) is 1. The van der Waals surface area contributed by atoms with Crippen molar-refractivity contribution in [3.8, 4) is 0 Å². The summed E-state index contributed by atoms with van der Waals surface area (Å²) in [4.78, 5) is 5.63. The van der Waals surface area contributed by atoms with Gasteiger partial charge in [-0.2, -0.15) is 5.06 Å². The molecule has 1 aromatic carbocycles. The average molecular weight is 233 g/mol. The summed E-state index contributed by atoms with van der Waals surface area (Å²) in [6.07, 6.45) is 4.26. The molecule has 0 spiro atoms. The number of aliphatic hydroxyl groups excluding tert-OH is 1. The molecule has 1 aliphatic rings. The minimum atomic E-state index is 0.0430. The number of nitrogens with zero attached hydrogens (tertiary/aromatic N) is 1. The second kappa shape index (κ2) is 5.45. The maximum atomic E-state index is 8.87. The molecule has 1 aromatic rings. The van der Waals surface area contributed by atoms with Gasteiger partial charge in [-0.25, -0.2) is 0 Å². The molecule has 3 heteroatoms. The highest BCUT2D eigenvalue weighted by Crippen LogP contribution is 2.33. The molecule has 1 N–H and O–H groups in total. The first-order chi connectivity index (χ1) is 8.24. The first-order valence-corrected chi connectivity index (χ1v) is 6.03. The normalized spacial score (nSPS) is 18.1. The van der Waals surface area contributed by atoms with E-state index >= 15 is 0 Å². The maximum Gasteiger partial charge on any atom is 0.0916 e. The van der Waals surface area contributed by atoms with Crippen LogP contribution in [-0.4, -0.2) is 29.4 Å². The number of rotatable bonds is 5. The Balaban J connectivity index is 2.19. The van der Waals surface area contributed by atoms with Crippen LogP contribution in [0.3, 0.4) is 0 Å². The van der Waals surface area contributed by atoms with E-state index in [1.807, 2.05) is 17.2 Å². The van der Waals surface area contributed by atoms with Crippen molar-refractivity contribution in [1.82, 2.24) is 5.06 Å². The fraction of sp³-hybridized carbons (Fsp3) is 0.429. The van der Waals surface area contributed by atoms with Crippen molar-refractivity contribution in [3.05, 3.63) is 41.5 Å². The van der Waals surface area contributed by atoms with Crippen molar-refractivity contribution in [2.24, 2.45) is 0 Å². The van der Waals surface area contributed by atoms with Gasteiger partial charge in [0.25, 0.3) is 0 Å². The number of fused-ring (bicyclic) bond motifs is 1. The van der Waals surface area contributed by atoms with Crippen LogP contribution in [0.5, 0.6) is 0 Å². The lowest BCUT2D eigenvalue weighted by atomic mass is 10.1. The Hall–Kier alpha value is -1.16. The van der Waals surface area contributed by atoms with Crippen LogP contribution in [0.4, 0.5) is 0 Å². The van der Waals surface area contributed by atoms with Gasteiger partial charge in [0.1, 0.15) is 0 Å². The molecule has 0 saturated carbocycles. The molecule has 17 heavy (non-hydrogen) atoms. The van der Waals surface area contributed by atoms with E-state index in [2.05, 4.69) is 38.1 Å². The third-order valence-electron chi connectivity index (χ3n) is 2.89. The molecule has 1 unspecified atom stereocenters. The lowest BCUT2D eigenvalue weighted by molar-refractivity contribution is -0.203. The molecule has 0 heterocycles. The van der Waals surface area contributed by atoms with E-state index in [1.54, 1.807) is 0 Å². The van der Waals surface area contributed by atoms with E-state index in [4.69, 9.17) is 9.94 Å². The first-order valence-electron chi connectivity index (χ1n) is 6.03.